The van der Waals surface area contributed by atoms with Crippen LogP contribution in [0.25, 0.3) is 0 Å². The number of likely N-dealkylation sites (tertiary alicyclic amines) is 1. The number of amides is 2. The Labute approximate surface area is 194 Å². The lowest BCUT2D eigenvalue weighted by Gasteiger charge is -2.37. The molecule has 0 aromatic heterocycles. The second-order valence-electron chi connectivity index (χ2n) is 8.71. The summed E-state index contributed by atoms with van der Waals surface area (Å²) in [5, 5.41) is 2.98. The van der Waals surface area contributed by atoms with Crippen LogP contribution in [0.1, 0.15) is 37.8 Å². The summed E-state index contributed by atoms with van der Waals surface area (Å²) in [4.78, 5) is 17.2. The van der Waals surface area contributed by atoms with Gasteiger partial charge in [0.25, 0.3) is 0 Å². The van der Waals surface area contributed by atoms with E-state index < -0.39 is 11.6 Å². The number of halogens is 2. The Morgan fingerprint density at radius 1 is 1.15 bits per heavy atom. The summed E-state index contributed by atoms with van der Waals surface area (Å²) in [7, 11) is 3.45. The predicted octanol–water partition coefficient (Wildman–Crippen LogP) is 4.57. The van der Waals surface area contributed by atoms with Crippen molar-refractivity contribution in [3.05, 3.63) is 59.2 Å². The van der Waals surface area contributed by atoms with Crippen LogP contribution in [0.3, 0.4) is 0 Å². The van der Waals surface area contributed by atoms with Gasteiger partial charge in [-0.1, -0.05) is 12.1 Å². The third-order valence-electron chi connectivity index (χ3n) is 5.79. The van der Waals surface area contributed by atoms with Gasteiger partial charge < -0.3 is 24.6 Å². The maximum Gasteiger partial charge on any atom is 0.318 e. The average Bonchev–Trinajstić information content (AvgIpc) is 2.79. The first-order valence-electron chi connectivity index (χ1n) is 11.3. The number of rotatable bonds is 8. The minimum absolute atomic E-state index is 0.0131. The molecule has 0 bridgehead atoms. The summed E-state index contributed by atoms with van der Waals surface area (Å²) in [5.74, 6) is -0.937. The van der Waals surface area contributed by atoms with Crippen LogP contribution in [0.4, 0.5) is 13.6 Å². The normalized spacial score (nSPS) is 14.9. The Bertz CT molecular complexity index is 929. The number of hydrogen-bond donors (Lipinski definition) is 1. The largest absolute Gasteiger partial charge is 0.496 e. The van der Waals surface area contributed by atoms with Crippen molar-refractivity contribution in [2.45, 2.75) is 51.9 Å². The number of benzene rings is 2. The first kappa shape index (κ1) is 24.8. The third kappa shape index (κ3) is 6.81. The Kier molecular flexibility index (Phi) is 8.49. The van der Waals surface area contributed by atoms with Crippen LogP contribution in [-0.2, 0) is 13.1 Å². The minimum Gasteiger partial charge on any atom is -0.496 e. The molecule has 180 valence electrons. The molecule has 1 fully saturated rings. The highest BCUT2D eigenvalue weighted by Gasteiger charge is 2.28. The third-order valence-corrected chi connectivity index (χ3v) is 5.79. The second-order valence-corrected chi connectivity index (χ2v) is 8.71. The Morgan fingerprint density at radius 2 is 1.79 bits per heavy atom. The maximum absolute atomic E-state index is 14.0. The molecule has 1 N–H and O–H groups in total. The molecule has 2 aromatic rings. The van der Waals surface area contributed by atoms with E-state index in [1.54, 1.807) is 4.90 Å². The van der Waals surface area contributed by atoms with Gasteiger partial charge in [-0.3, -0.25) is 0 Å². The number of carbonyl (C=O) groups excluding carboxylic acids is 1. The van der Waals surface area contributed by atoms with Gasteiger partial charge in [0.15, 0.2) is 11.6 Å². The van der Waals surface area contributed by atoms with E-state index >= 15 is 0 Å². The highest BCUT2D eigenvalue weighted by molar-refractivity contribution is 5.74. The smallest absolute Gasteiger partial charge is 0.318 e. The molecule has 0 aliphatic carbocycles. The van der Waals surface area contributed by atoms with E-state index in [2.05, 4.69) is 10.2 Å². The van der Waals surface area contributed by atoms with Crippen molar-refractivity contribution in [1.29, 1.82) is 0 Å². The quantitative estimate of drug-likeness (QED) is 0.626. The van der Waals surface area contributed by atoms with Crippen molar-refractivity contribution < 1.29 is 23.0 Å². The van der Waals surface area contributed by atoms with E-state index in [0.717, 1.165) is 49.4 Å². The Morgan fingerprint density at radius 3 is 2.39 bits per heavy atom. The van der Waals surface area contributed by atoms with Crippen molar-refractivity contribution in [3.8, 4) is 11.5 Å². The van der Waals surface area contributed by atoms with E-state index in [1.807, 2.05) is 45.2 Å². The molecule has 8 heteroatoms. The molecular formula is C25H33F2N3O3. The van der Waals surface area contributed by atoms with Gasteiger partial charge in [0.05, 0.1) is 19.8 Å². The van der Waals surface area contributed by atoms with Gasteiger partial charge in [0.1, 0.15) is 11.5 Å². The number of carbonyl (C=O) groups is 1. The van der Waals surface area contributed by atoms with Crippen LogP contribution in [0.5, 0.6) is 11.5 Å². The van der Waals surface area contributed by atoms with E-state index in [0.29, 0.717) is 12.1 Å². The number of hydrogen-bond acceptors (Lipinski definition) is 4. The van der Waals surface area contributed by atoms with Gasteiger partial charge >= 0.3 is 6.03 Å². The van der Waals surface area contributed by atoms with E-state index in [4.69, 9.17) is 9.47 Å². The zero-order valence-corrected chi connectivity index (χ0v) is 19.7. The molecule has 0 saturated carbocycles. The van der Waals surface area contributed by atoms with Crippen molar-refractivity contribution in [1.82, 2.24) is 15.1 Å². The minimum atomic E-state index is -0.976. The summed E-state index contributed by atoms with van der Waals surface area (Å²) in [5.41, 5.74) is 1.37. The topological polar surface area (TPSA) is 54.0 Å². The number of nitrogens with zero attached hydrogens (tertiary/aromatic N) is 2. The molecule has 0 unspecified atom stereocenters. The standard InChI is InChI=1S/C25H33F2N3O3/c1-17(2)33-21-7-5-18(6-8-21)15-28-25(31)30(20-9-11-29(3)12-10-20)16-19-13-22(26)23(27)14-24(19)32-4/h5-8,13-14,17,20H,9-12,15-16H2,1-4H3,(H,28,31). The number of urea groups is 1. The Balaban J connectivity index is 1.74. The van der Waals surface area contributed by atoms with Crippen LogP contribution in [0.2, 0.25) is 0 Å². The van der Waals surface area contributed by atoms with Gasteiger partial charge in [0, 0.05) is 24.2 Å². The summed E-state index contributed by atoms with van der Waals surface area (Å²) in [6.45, 7) is 6.13. The van der Waals surface area contributed by atoms with Gasteiger partial charge in [-0.25, -0.2) is 13.6 Å². The molecule has 2 amide bonds. The van der Waals surface area contributed by atoms with Crippen LogP contribution < -0.4 is 14.8 Å². The first-order chi connectivity index (χ1) is 15.8. The van der Waals surface area contributed by atoms with Gasteiger partial charge in [-0.2, -0.15) is 0 Å². The van der Waals surface area contributed by atoms with Crippen LogP contribution >= 0.6 is 0 Å². The van der Waals surface area contributed by atoms with E-state index in [9.17, 15) is 13.6 Å². The van der Waals surface area contributed by atoms with Crippen LogP contribution in [0.15, 0.2) is 36.4 Å². The number of piperidine rings is 1. The molecule has 0 radical (unpaired) electrons. The molecule has 1 aliphatic rings. The summed E-state index contributed by atoms with van der Waals surface area (Å²) < 4.78 is 38.5. The molecule has 6 nitrogen and oxygen atoms in total. The summed E-state index contributed by atoms with van der Waals surface area (Å²) >= 11 is 0. The number of nitrogens with one attached hydrogen (secondary N) is 1. The zero-order chi connectivity index (χ0) is 24.0. The lowest BCUT2D eigenvalue weighted by molar-refractivity contribution is 0.126. The van der Waals surface area contributed by atoms with Gasteiger partial charge in [0.2, 0.25) is 0 Å². The maximum atomic E-state index is 14.0. The monoisotopic (exact) mass is 461 g/mol. The molecule has 1 saturated heterocycles. The van der Waals surface area contributed by atoms with Crippen molar-refractivity contribution in [2.24, 2.45) is 0 Å². The SMILES string of the molecule is COc1cc(F)c(F)cc1CN(C(=O)NCc1ccc(OC(C)C)cc1)C1CCN(C)CC1. The fourth-order valence-electron chi connectivity index (χ4n) is 3.98. The first-order valence-corrected chi connectivity index (χ1v) is 11.3. The van der Waals surface area contributed by atoms with E-state index in [-0.39, 0.29) is 30.5 Å². The molecule has 2 aromatic carbocycles. The van der Waals surface area contributed by atoms with Gasteiger partial charge in [-0.15, -0.1) is 0 Å². The molecule has 33 heavy (non-hydrogen) atoms. The molecule has 0 atom stereocenters. The second kappa shape index (κ2) is 11.3. The number of ether oxygens (including phenoxy) is 2. The lowest BCUT2D eigenvalue weighted by Crippen LogP contribution is -2.49. The highest BCUT2D eigenvalue weighted by Crippen LogP contribution is 2.26. The lowest BCUT2D eigenvalue weighted by atomic mass is 10.0. The Hall–Kier alpha value is -2.87. The number of methoxy groups -OCH3 is 1. The fraction of sp³-hybridized carbons (Fsp3) is 0.480. The zero-order valence-electron chi connectivity index (χ0n) is 19.7. The van der Waals surface area contributed by atoms with Crippen molar-refractivity contribution >= 4 is 6.03 Å². The highest BCUT2D eigenvalue weighted by atomic mass is 19.2. The summed E-state index contributed by atoms with van der Waals surface area (Å²) in [6, 6.07) is 9.45. The molecule has 1 heterocycles. The fourth-order valence-corrected chi connectivity index (χ4v) is 3.98. The molecule has 3 rings (SSSR count). The van der Waals surface area contributed by atoms with Crippen molar-refractivity contribution in [2.75, 3.05) is 27.2 Å². The predicted molar refractivity (Wildman–Crippen MR) is 123 cm³/mol. The van der Waals surface area contributed by atoms with Crippen molar-refractivity contribution in [3.63, 3.8) is 0 Å². The average molecular weight is 462 g/mol. The van der Waals surface area contributed by atoms with Gasteiger partial charge in [-0.05, 0) is 70.6 Å². The molecular weight excluding hydrogens is 428 g/mol. The van der Waals surface area contributed by atoms with Crippen LogP contribution in [0, 0.1) is 11.6 Å². The van der Waals surface area contributed by atoms with E-state index in [1.165, 1.54) is 7.11 Å². The van der Waals surface area contributed by atoms with Crippen LogP contribution in [-0.4, -0.2) is 55.2 Å². The molecule has 1 aliphatic heterocycles. The summed E-state index contributed by atoms with van der Waals surface area (Å²) in [6.07, 6.45) is 1.70. The molecule has 0 spiro atoms.